The second-order valence-corrected chi connectivity index (χ2v) is 4.38. The Morgan fingerprint density at radius 1 is 1.37 bits per heavy atom. The van der Waals surface area contributed by atoms with Crippen LogP contribution in [0.1, 0.15) is 5.56 Å². The molecular weight excluding hydrogens is 248 g/mol. The third kappa shape index (κ3) is 3.45. The number of piperazine rings is 1. The zero-order chi connectivity index (χ0) is 13.7. The van der Waals surface area contributed by atoms with Gasteiger partial charge in [-0.15, -0.1) is 0 Å². The highest BCUT2D eigenvalue weighted by Gasteiger charge is 2.30. The van der Waals surface area contributed by atoms with Gasteiger partial charge in [-0.1, -0.05) is 30.3 Å². The van der Waals surface area contributed by atoms with Gasteiger partial charge >= 0.3 is 6.09 Å². The summed E-state index contributed by atoms with van der Waals surface area (Å²) >= 11 is 0. The second kappa shape index (κ2) is 6.19. The number of rotatable bonds is 3. The molecule has 6 heteroatoms. The van der Waals surface area contributed by atoms with Crippen LogP contribution in [-0.4, -0.2) is 42.6 Å². The lowest BCUT2D eigenvalue weighted by atomic mass is 10.2. The Bertz CT molecular complexity index is 449. The highest BCUT2D eigenvalue weighted by Crippen LogP contribution is 2.06. The molecule has 0 aromatic heterocycles. The van der Waals surface area contributed by atoms with Crippen molar-refractivity contribution in [2.45, 2.75) is 12.6 Å². The van der Waals surface area contributed by atoms with Crippen molar-refractivity contribution in [1.29, 1.82) is 0 Å². The van der Waals surface area contributed by atoms with Gasteiger partial charge in [0, 0.05) is 0 Å². The van der Waals surface area contributed by atoms with E-state index in [-0.39, 0.29) is 6.61 Å². The Kier molecular flexibility index (Phi) is 4.35. The van der Waals surface area contributed by atoms with Crippen molar-refractivity contribution in [1.82, 2.24) is 4.90 Å². The summed E-state index contributed by atoms with van der Waals surface area (Å²) < 4.78 is 5.13. The maximum absolute atomic E-state index is 11.9. The van der Waals surface area contributed by atoms with Crippen LogP contribution in [0.15, 0.2) is 30.3 Å². The van der Waals surface area contributed by atoms with Crippen LogP contribution in [0.2, 0.25) is 0 Å². The van der Waals surface area contributed by atoms with Crippen molar-refractivity contribution >= 4 is 12.1 Å². The number of carbonyl (C=O) groups is 2. The summed E-state index contributed by atoms with van der Waals surface area (Å²) in [5.74, 6) is -1.24. The topological polar surface area (TPSA) is 86.3 Å². The number of carboxylic acid groups (broad SMARTS) is 1. The van der Waals surface area contributed by atoms with Crippen molar-refractivity contribution in [3.05, 3.63) is 35.9 Å². The molecule has 1 aromatic carbocycles. The third-order valence-corrected chi connectivity index (χ3v) is 3.05. The molecule has 1 fully saturated rings. The summed E-state index contributed by atoms with van der Waals surface area (Å²) in [5.41, 5.74) is 0.865. The van der Waals surface area contributed by atoms with Crippen molar-refractivity contribution in [3.8, 4) is 0 Å². The minimum atomic E-state index is -1.24. The van der Waals surface area contributed by atoms with E-state index in [0.29, 0.717) is 19.6 Å². The number of carboxylic acids is 1. The molecule has 19 heavy (non-hydrogen) atoms. The summed E-state index contributed by atoms with van der Waals surface area (Å²) in [6.07, 6.45) is -0.605. The molecule has 1 aliphatic heterocycles. The van der Waals surface area contributed by atoms with Gasteiger partial charge in [0.25, 0.3) is 0 Å². The van der Waals surface area contributed by atoms with E-state index in [2.05, 4.69) is 0 Å². The van der Waals surface area contributed by atoms with Crippen LogP contribution in [0.5, 0.6) is 0 Å². The van der Waals surface area contributed by atoms with Crippen molar-refractivity contribution in [2.75, 3.05) is 19.6 Å². The highest BCUT2D eigenvalue weighted by molar-refractivity contribution is 5.79. The van der Waals surface area contributed by atoms with Crippen LogP contribution in [0.3, 0.4) is 0 Å². The Hall–Kier alpha value is -2.08. The van der Waals surface area contributed by atoms with E-state index >= 15 is 0 Å². The lowest BCUT2D eigenvalue weighted by molar-refractivity contribution is -0.666. The van der Waals surface area contributed by atoms with Gasteiger partial charge in [0.15, 0.2) is 0 Å². The van der Waals surface area contributed by atoms with Crippen LogP contribution in [-0.2, 0) is 16.1 Å². The number of ether oxygens (including phenoxy) is 1. The van der Waals surface area contributed by atoms with E-state index in [4.69, 9.17) is 4.74 Å². The second-order valence-electron chi connectivity index (χ2n) is 4.38. The zero-order valence-electron chi connectivity index (χ0n) is 10.5. The molecule has 1 aromatic rings. The van der Waals surface area contributed by atoms with E-state index < -0.39 is 18.1 Å². The molecule has 0 radical (unpaired) electrons. The number of hydrogen-bond acceptors (Lipinski definition) is 4. The van der Waals surface area contributed by atoms with E-state index in [0.717, 1.165) is 5.56 Å². The fraction of sp³-hybridized carbons (Fsp3) is 0.385. The molecule has 102 valence electrons. The average molecular weight is 264 g/mol. The molecular formula is C13H16N2O4. The normalized spacial score (nSPS) is 18.9. The molecule has 0 saturated carbocycles. The fourth-order valence-corrected chi connectivity index (χ4v) is 2.03. The number of aliphatic carboxylic acids is 1. The van der Waals surface area contributed by atoms with Crippen LogP contribution >= 0.6 is 0 Å². The quantitative estimate of drug-likeness (QED) is 0.706. The summed E-state index contributed by atoms with van der Waals surface area (Å²) in [6.45, 7) is 1.47. The molecule has 1 heterocycles. The van der Waals surface area contributed by atoms with Crippen LogP contribution in [0.25, 0.3) is 0 Å². The molecule has 0 unspecified atom stereocenters. The standard InChI is InChI=1S/C13H16N2O4/c16-12(17)11-8-14-6-7-15(11)13(18)19-9-10-4-2-1-3-5-10/h1-5,11,14H,6-9H2,(H,16,17)/t11-/m0/s1. The molecule has 1 aliphatic rings. The van der Waals surface area contributed by atoms with Gasteiger partial charge in [-0.05, 0) is 5.56 Å². The zero-order valence-corrected chi connectivity index (χ0v) is 10.5. The largest absolute Gasteiger partial charge is 0.548 e. The monoisotopic (exact) mass is 264 g/mol. The Morgan fingerprint density at radius 2 is 2.11 bits per heavy atom. The first-order valence-corrected chi connectivity index (χ1v) is 6.18. The number of amides is 1. The van der Waals surface area contributed by atoms with Gasteiger partial charge in [-0.2, -0.15) is 0 Å². The fourth-order valence-electron chi connectivity index (χ4n) is 2.03. The van der Waals surface area contributed by atoms with Crippen molar-refractivity contribution in [2.24, 2.45) is 0 Å². The molecule has 2 rings (SSSR count). The maximum atomic E-state index is 11.9. The highest BCUT2D eigenvalue weighted by atomic mass is 16.6. The summed E-state index contributed by atoms with van der Waals surface area (Å²) in [4.78, 5) is 24.1. The lowest BCUT2D eigenvalue weighted by Gasteiger charge is -2.33. The number of nitrogens with two attached hydrogens (primary N) is 1. The Morgan fingerprint density at radius 3 is 2.79 bits per heavy atom. The van der Waals surface area contributed by atoms with Crippen LogP contribution in [0.4, 0.5) is 4.79 Å². The SMILES string of the molecule is O=C([O-])[C@@H]1C[NH2+]CCN1C(=O)OCc1ccccc1. The number of hydrogen-bond donors (Lipinski definition) is 1. The summed E-state index contributed by atoms with van der Waals surface area (Å²) in [5, 5.41) is 12.8. The minimum absolute atomic E-state index is 0.139. The van der Waals surface area contributed by atoms with Crippen LogP contribution < -0.4 is 10.4 Å². The predicted octanol–water partition coefficient (Wildman–Crippen LogP) is -1.68. The molecule has 0 aliphatic carbocycles. The number of carbonyl (C=O) groups excluding carboxylic acids is 2. The molecule has 0 bridgehead atoms. The van der Waals surface area contributed by atoms with Crippen molar-refractivity contribution in [3.63, 3.8) is 0 Å². The minimum Gasteiger partial charge on any atom is -0.548 e. The van der Waals surface area contributed by atoms with Gasteiger partial charge in [0.1, 0.15) is 19.2 Å². The van der Waals surface area contributed by atoms with Gasteiger partial charge in [0.05, 0.1) is 19.1 Å². The Labute approximate surface area is 111 Å². The number of quaternary nitrogens is 1. The molecule has 6 nitrogen and oxygen atoms in total. The van der Waals surface area contributed by atoms with Gasteiger partial charge in [-0.3, -0.25) is 4.90 Å². The van der Waals surface area contributed by atoms with E-state index in [1.54, 1.807) is 0 Å². The molecule has 1 amide bonds. The first kappa shape index (κ1) is 13.4. The van der Waals surface area contributed by atoms with E-state index in [1.807, 2.05) is 35.6 Å². The molecule has 2 N–H and O–H groups in total. The molecule has 0 spiro atoms. The Balaban J connectivity index is 1.93. The smallest absolute Gasteiger partial charge is 0.411 e. The summed E-state index contributed by atoms with van der Waals surface area (Å²) in [6, 6.07) is 8.34. The maximum Gasteiger partial charge on any atom is 0.411 e. The first-order valence-electron chi connectivity index (χ1n) is 6.18. The average Bonchev–Trinajstić information content (AvgIpc) is 2.46. The predicted molar refractivity (Wildman–Crippen MR) is 63.8 cm³/mol. The van der Waals surface area contributed by atoms with E-state index in [9.17, 15) is 14.7 Å². The molecule has 1 saturated heterocycles. The van der Waals surface area contributed by atoms with Crippen molar-refractivity contribution < 1.29 is 24.7 Å². The lowest BCUT2D eigenvalue weighted by Crippen LogP contribution is -2.93. The van der Waals surface area contributed by atoms with Gasteiger partial charge < -0.3 is 20.0 Å². The number of nitrogens with zero attached hydrogens (tertiary/aromatic N) is 1. The molecule has 1 atom stereocenters. The third-order valence-electron chi connectivity index (χ3n) is 3.05. The first-order chi connectivity index (χ1) is 9.18. The van der Waals surface area contributed by atoms with E-state index in [1.165, 1.54) is 4.90 Å². The van der Waals surface area contributed by atoms with Gasteiger partial charge in [0.2, 0.25) is 0 Å². The van der Waals surface area contributed by atoms with Crippen LogP contribution in [0, 0.1) is 0 Å². The summed E-state index contributed by atoms with van der Waals surface area (Å²) in [7, 11) is 0. The van der Waals surface area contributed by atoms with Gasteiger partial charge in [-0.25, -0.2) is 4.79 Å². The number of benzene rings is 1.